The van der Waals surface area contributed by atoms with E-state index >= 15 is 0 Å². The smallest absolute Gasteiger partial charge is 0.258 e. The Morgan fingerprint density at radius 1 is 0.864 bits per heavy atom. The van der Waals surface area contributed by atoms with Gasteiger partial charge in [-0.05, 0) is 30.0 Å². The first-order valence-corrected chi connectivity index (χ1v) is 6.24. The van der Waals surface area contributed by atoms with Gasteiger partial charge in [0.25, 0.3) is 0 Å². The van der Waals surface area contributed by atoms with Gasteiger partial charge < -0.3 is 0 Å². The molecule has 22 heavy (non-hydrogen) atoms. The van der Waals surface area contributed by atoms with Crippen molar-refractivity contribution < 1.29 is 18.6 Å². The molecule has 2 rings (SSSR count). The van der Waals surface area contributed by atoms with Crippen LogP contribution in [0.3, 0.4) is 0 Å². The van der Waals surface area contributed by atoms with Crippen molar-refractivity contribution in [1.29, 1.82) is 0 Å². The molecular formula is C14H10F2N2O4. The number of nitrogens with zero attached hydrogens (tertiary/aromatic N) is 2. The molecular weight excluding hydrogens is 298 g/mol. The van der Waals surface area contributed by atoms with Gasteiger partial charge in [-0.1, -0.05) is 12.1 Å². The van der Waals surface area contributed by atoms with E-state index in [2.05, 4.69) is 0 Å². The number of rotatable bonds is 5. The summed E-state index contributed by atoms with van der Waals surface area (Å²) in [4.78, 5) is 19.9. The Hall–Kier alpha value is -2.90. The zero-order valence-corrected chi connectivity index (χ0v) is 11.2. The number of nitro benzene ring substituents is 2. The first-order valence-electron chi connectivity index (χ1n) is 6.24. The van der Waals surface area contributed by atoms with Gasteiger partial charge in [0, 0.05) is 18.2 Å². The molecule has 0 fully saturated rings. The number of halogens is 2. The molecule has 0 saturated carbocycles. The van der Waals surface area contributed by atoms with Gasteiger partial charge in [-0.2, -0.15) is 0 Å². The molecule has 0 aliphatic carbocycles. The minimum Gasteiger partial charge on any atom is -0.258 e. The predicted molar refractivity (Wildman–Crippen MR) is 73.5 cm³/mol. The van der Waals surface area contributed by atoms with Gasteiger partial charge in [-0.15, -0.1) is 0 Å². The molecule has 0 aromatic heterocycles. The maximum absolute atomic E-state index is 13.5. The molecule has 0 bridgehead atoms. The predicted octanol–water partition coefficient (Wildman–Crippen LogP) is 3.57. The number of hydrogen-bond acceptors (Lipinski definition) is 4. The lowest BCUT2D eigenvalue weighted by atomic mass is 10.0. The van der Waals surface area contributed by atoms with Gasteiger partial charge in [0.1, 0.15) is 11.6 Å². The Morgan fingerprint density at radius 2 is 1.55 bits per heavy atom. The van der Waals surface area contributed by atoms with Crippen molar-refractivity contribution in [2.24, 2.45) is 0 Å². The normalized spacial score (nSPS) is 10.5. The van der Waals surface area contributed by atoms with Crippen LogP contribution in [0, 0.1) is 31.9 Å². The van der Waals surface area contributed by atoms with E-state index in [0.29, 0.717) is 5.56 Å². The highest BCUT2D eigenvalue weighted by Crippen LogP contribution is 2.28. The molecule has 8 heteroatoms. The highest BCUT2D eigenvalue weighted by atomic mass is 19.1. The van der Waals surface area contributed by atoms with E-state index in [0.717, 1.165) is 24.3 Å². The summed E-state index contributed by atoms with van der Waals surface area (Å²) in [6, 6.07) is 6.70. The van der Waals surface area contributed by atoms with Crippen LogP contribution in [0.15, 0.2) is 36.4 Å². The highest BCUT2D eigenvalue weighted by Gasteiger charge is 2.23. The number of nitro groups is 2. The first kappa shape index (κ1) is 15.5. The van der Waals surface area contributed by atoms with Crippen molar-refractivity contribution in [3.8, 4) is 0 Å². The molecule has 0 amide bonds. The summed E-state index contributed by atoms with van der Waals surface area (Å²) >= 11 is 0. The zero-order valence-electron chi connectivity index (χ0n) is 11.2. The van der Waals surface area contributed by atoms with E-state index in [1.165, 1.54) is 12.1 Å². The van der Waals surface area contributed by atoms with Crippen LogP contribution in [0.2, 0.25) is 0 Å². The maximum Gasteiger partial charge on any atom is 0.346 e. The van der Waals surface area contributed by atoms with E-state index in [9.17, 15) is 29.0 Å². The quantitative estimate of drug-likeness (QED) is 0.624. The van der Waals surface area contributed by atoms with Crippen molar-refractivity contribution in [1.82, 2.24) is 0 Å². The largest absolute Gasteiger partial charge is 0.346 e. The summed E-state index contributed by atoms with van der Waals surface area (Å²) in [6.45, 7) is 0. The first-order chi connectivity index (χ1) is 10.4. The maximum atomic E-state index is 13.5. The molecule has 0 radical (unpaired) electrons. The lowest BCUT2D eigenvalue weighted by molar-refractivity contribution is -0.422. The molecule has 0 spiro atoms. The van der Waals surface area contributed by atoms with Crippen LogP contribution < -0.4 is 0 Å². The summed E-state index contributed by atoms with van der Waals surface area (Å²) in [7, 11) is 0. The SMILES string of the molecule is O=[N+]([O-])c1ccc(CCc2ccc(F)cc2F)cc1[N+](=O)[O-]. The van der Waals surface area contributed by atoms with Gasteiger partial charge in [-0.25, -0.2) is 8.78 Å². The fraction of sp³-hybridized carbons (Fsp3) is 0.143. The minimum absolute atomic E-state index is 0.196. The summed E-state index contributed by atoms with van der Waals surface area (Å²) in [5.41, 5.74) is -0.479. The molecule has 0 unspecified atom stereocenters. The third-order valence-corrected chi connectivity index (χ3v) is 3.13. The van der Waals surface area contributed by atoms with Gasteiger partial charge in [0.05, 0.1) is 9.85 Å². The van der Waals surface area contributed by atoms with E-state index < -0.39 is 32.9 Å². The third kappa shape index (κ3) is 3.40. The van der Waals surface area contributed by atoms with Crippen LogP contribution in [0.5, 0.6) is 0 Å². The Kier molecular flexibility index (Phi) is 4.40. The van der Waals surface area contributed by atoms with Gasteiger partial charge in [-0.3, -0.25) is 20.2 Å². The van der Waals surface area contributed by atoms with Crippen LogP contribution in [0.1, 0.15) is 11.1 Å². The molecule has 2 aromatic carbocycles. The fourth-order valence-electron chi connectivity index (χ4n) is 2.03. The van der Waals surface area contributed by atoms with Crippen LogP contribution >= 0.6 is 0 Å². The number of aryl methyl sites for hydroxylation is 2. The monoisotopic (exact) mass is 308 g/mol. The van der Waals surface area contributed by atoms with Crippen LogP contribution in [-0.2, 0) is 12.8 Å². The lowest BCUT2D eigenvalue weighted by Crippen LogP contribution is -2.00. The lowest BCUT2D eigenvalue weighted by Gasteiger charge is -2.04. The third-order valence-electron chi connectivity index (χ3n) is 3.13. The topological polar surface area (TPSA) is 86.3 Å². The van der Waals surface area contributed by atoms with Crippen LogP contribution in [-0.4, -0.2) is 9.85 Å². The van der Waals surface area contributed by atoms with Crippen molar-refractivity contribution in [3.63, 3.8) is 0 Å². The van der Waals surface area contributed by atoms with Gasteiger partial charge >= 0.3 is 11.4 Å². The standard InChI is InChI=1S/C14H10F2N2O4/c15-11-5-4-10(12(16)8-11)3-1-9-2-6-13(17(19)20)14(7-9)18(21)22/h2,4-8H,1,3H2. The van der Waals surface area contributed by atoms with Crippen molar-refractivity contribution in [3.05, 3.63) is 79.4 Å². The average molecular weight is 308 g/mol. The summed E-state index contributed by atoms with van der Waals surface area (Å²) in [5.74, 6) is -1.39. The Balaban J connectivity index is 2.21. The molecule has 0 heterocycles. The summed E-state index contributed by atoms with van der Waals surface area (Å²) in [6.07, 6.45) is 0.433. The average Bonchev–Trinajstić information content (AvgIpc) is 2.45. The molecule has 2 aromatic rings. The van der Waals surface area contributed by atoms with Crippen molar-refractivity contribution in [2.75, 3.05) is 0 Å². The van der Waals surface area contributed by atoms with E-state index in [1.54, 1.807) is 0 Å². The summed E-state index contributed by atoms with van der Waals surface area (Å²) < 4.78 is 26.3. The van der Waals surface area contributed by atoms with E-state index in [1.807, 2.05) is 0 Å². The second kappa shape index (κ2) is 6.25. The Morgan fingerprint density at radius 3 is 2.14 bits per heavy atom. The van der Waals surface area contributed by atoms with Crippen molar-refractivity contribution >= 4 is 11.4 Å². The molecule has 0 aliphatic heterocycles. The minimum atomic E-state index is -0.833. The van der Waals surface area contributed by atoms with E-state index in [4.69, 9.17) is 0 Å². The van der Waals surface area contributed by atoms with Crippen LogP contribution in [0.4, 0.5) is 20.2 Å². The van der Waals surface area contributed by atoms with Gasteiger partial charge in [0.2, 0.25) is 0 Å². The Labute approximate surface area is 123 Å². The number of benzene rings is 2. The molecule has 0 N–H and O–H groups in total. The number of hydrogen-bond donors (Lipinski definition) is 0. The molecule has 0 aliphatic rings. The fourth-order valence-corrected chi connectivity index (χ4v) is 2.03. The zero-order chi connectivity index (χ0) is 16.3. The van der Waals surface area contributed by atoms with Gasteiger partial charge in [0.15, 0.2) is 0 Å². The molecule has 0 saturated heterocycles. The second-order valence-electron chi connectivity index (χ2n) is 4.57. The second-order valence-corrected chi connectivity index (χ2v) is 4.57. The van der Waals surface area contributed by atoms with Crippen molar-refractivity contribution in [2.45, 2.75) is 12.8 Å². The molecule has 6 nitrogen and oxygen atoms in total. The highest BCUT2D eigenvalue weighted by molar-refractivity contribution is 5.54. The molecule has 114 valence electrons. The van der Waals surface area contributed by atoms with E-state index in [-0.39, 0.29) is 18.4 Å². The van der Waals surface area contributed by atoms with Crippen LogP contribution in [0.25, 0.3) is 0 Å². The molecule has 0 atom stereocenters. The summed E-state index contributed by atoms with van der Waals surface area (Å²) in [5, 5.41) is 21.6. The Bertz CT molecular complexity index is 750.